The van der Waals surface area contributed by atoms with E-state index in [1.165, 1.54) is 30.3 Å². The minimum Gasteiger partial charge on any atom is -0.351 e. The second-order valence-corrected chi connectivity index (χ2v) is 8.31. The largest absolute Gasteiger partial charge is 0.351 e. The molecule has 138 valence electrons. The Labute approximate surface area is 153 Å². The van der Waals surface area contributed by atoms with Crippen molar-refractivity contribution in [2.75, 3.05) is 0 Å². The number of sulfone groups is 1. The van der Waals surface area contributed by atoms with Crippen LogP contribution in [0.15, 0.2) is 64.9 Å². The number of hydrogen-bond acceptors (Lipinski definition) is 3. The summed E-state index contributed by atoms with van der Waals surface area (Å²) in [5.74, 6) is -0.584. The Morgan fingerprint density at radius 2 is 1.81 bits per heavy atom. The number of nitrogens with one attached hydrogen (secondary N) is 1. The molecule has 4 nitrogen and oxygen atoms in total. The van der Waals surface area contributed by atoms with E-state index in [1.54, 1.807) is 45.0 Å². The molecule has 0 atom stereocenters. The molecule has 0 fully saturated rings. The van der Waals surface area contributed by atoms with Crippen LogP contribution in [0.2, 0.25) is 0 Å². The van der Waals surface area contributed by atoms with Crippen molar-refractivity contribution in [3.8, 4) is 0 Å². The maximum absolute atomic E-state index is 13.2. The van der Waals surface area contributed by atoms with Crippen LogP contribution >= 0.6 is 0 Å². The van der Waals surface area contributed by atoms with Crippen molar-refractivity contribution in [3.63, 3.8) is 0 Å². The standard InChI is InChI=1S/C20H22FNO3S/c1-4-12-26(24,25)18-10-8-16(9-11-18)20(2,3)19(23)22-14-15-6-5-7-17(21)13-15/h4-13H,14H2,1-3H3,(H,22,23). The van der Waals surface area contributed by atoms with E-state index >= 15 is 0 Å². The van der Waals surface area contributed by atoms with Gasteiger partial charge in [-0.25, -0.2) is 12.8 Å². The lowest BCUT2D eigenvalue weighted by Gasteiger charge is -2.24. The SMILES string of the molecule is CC=CS(=O)(=O)c1ccc(C(C)(C)C(=O)NCc2cccc(F)c2)cc1. The summed E-state index contributed by atoms with van der Waals surface area (Å²) in [4.78, 5) is 12.7. The van der Waals surface area contributed by atoms with Crippen LogP contribution in [0.3, 0.4) is 0 Å². The molecule has 2 aromatic rings. The minimum atomic E-state index is -3.46. The highest BCUT2D eigenvalue weighted by Gasteiger charge is 2.29. The molecule has 0 aliphatic heterocycles. The van der Waals surface area contributed by atoms with Gasteiger partial charge in [-0.3, -0.25) is 4.79 Å². The van der Waals surface area contributed by atoms with Gasteiger partial charge < -0.3 is 5.32 Å². The first-order chi connectivity index (χ1) is 12.2. The van der Waals surface area contributed by atoms with E-state index in [4.69, 9.17) is 0 Å². The zero-order chi connectivity index (χ0) is 19.4. The molecule has 0 spiro atoms. The third kappa shape index (κ3) is 4.58. The molecule has 6 heteroatoms. The van der Waals surface area contributed by atoms with E-state index in [0.717, 1.165) is 5.41 Å². The summed E-state index contributed by atoms with van der Waals surface area (Å²) < 4.78 is 37.2. The van der Waals surface area contributed by atoms with Gasteiger partial charge in [-0.15, -0.1) is 0 Å². The second kappa shape index (κ2) is 7.83. The molecule has 0 aliphatic rings. The molecule has 1 N–H and O–H groups in total. The van der Waals surface area contributed by atoms with Gasteiger partial charge in [-0.05, 0) is 56.2 Å². The molecule has 26 heavy (non-hydrogen) atoms. The van der Waals surface area contributed by atoms with Crippen molar-refractivity contribution < 1.29 is 17.6 Å². The van der Waals surface area contributed by atoms with Crippen LogP contribution in [0.5, 0.6) is 0 Å². The summed E-state index contributed by atoms with van der Waals surface area (Å²) in [5, 5.41) is 3.93. The summed E-state index contributed by atoms with van der Waals surface area (Å²) in [5.41, 5.74) is 0.492. The van der Waals surface area contributed by atoms with Gasteiger partial charge in [0.05, 0.1) is 10.3 Å². The fraction of sp³-hybridized carbons (Fsp3) is 0.250. The predicted octanol–water partition coefficient (Wildman–Crippen LogP) is 3.73. The molecular formula is C20H22FNO3S. The number of halogens is 1. The van der Waals surface area contributed by atoms with Crippen molar-refractivity contribution in [3.05, 3.63) is 77.0 Å². The van der Waals surface area contributed by atoms with E-state index in [9.17, 15) is 17.6 Å². The molecule has 0 unspecified atom stereocenters. The molecule has 1 amide bonds. The first kappa shape index (κ1) is 19.8. The van der Waals surface area contributed by atoms with Gasteiger partial charge in [-0.2, -0.15) is 0 Å². The molecular weight excluding hydrogens is 353 g/mol. The lowest BCUT2D eigenvalue weighted by atomic mass is 9.83. The molecule has 0 aromatic heterocycles. The third-order valence-corrected chi connectivity index (χ3v) is 5.69. The van der Waals surface area contributed by atoms with Crippen LogP contribution in [0.1, 0.15) is 31.9 Å². The highest BCUT2D eigenvalue weighted by molar-refractivity contribution is 7.94. The third-order valence-electron chi connectivity index (χ3n) is 4.13. The van der Waals surface area contributed by atoms with Gasteiger partial charge in [0.25, 0.3) is 0 Å². The number of amides is 1. The van der Waals surface area contributed by atoms with Gasteiger partial charge in [0, 0.05) is 12.0 Å². The smallest absolute Gasteiger partial charge is 0.230 e. The Bertz CT molecular complexity index is 916. The van der Waals surface area contributed by atoms with Crippen molar-refractivity contribution >= 4 is 15.7 Å². The van der Waals surface area contributed by atoms with Crippen LogP contribution in [0.25, 0.3) is 0 Å². The first-order valence-electron chi connectivity index (χ1n) is 8.18. The molecule has 0 radical (unpaired) electrons. The normalized spacial score (nSPS) is 12.3. The summed E-state index contributed by atoms with van der Waals surface area (Å²) >= 11 is 0. The average molecular weight is 375 g/mol. The van der Waals surface area contributed by atoms with E-state index in [-0.39, 0.29) is 23.2 Å². The minimum absolute atomic E-state index is 0.176. The molecule has 2 aromatic carbocycles. The summed E-state index contributed by atoms with van der Waals surface area (Å²) in [6, 6.07) is 12.3. The van der Waals surface area contributed by atoms with Crippen LogP contribution < -0.4 is 5.32 Å². The molecule has 0 heterocycles. The zero-order valence-corrected chi connectivity index (χ0v) is 15.8. The monoisotopic (exact) mass is 375 g/mol. The molecule has 0 bridgehead atoms. The zero-order valence-electron chi connectivity index (χ0n) is 15.0. The van der Waals surface area contributed by atoms with E-state index < -0.39 is 15.3 Å². The van der Waals surface area contributed by atoms with Gasteiger partial charge in [-0.1, -0.05) is 30.3 Å². The Balaban J connectivity index is 2.14. The number of rotatable bonds is 6. The van der Waals surface area contributed by atoms with Gasteiger partial charge in [0.2, 0.25) is 5.91 Å². The molecule has 0 saturated carbocycles. The Morgan fingerprint density at radius 1 is 1.15 bits per heavy atom. The maximum Gasteiger partial charge on any atom is 0.230 e. The van der Waals surface area contributed by atoms with Gasteiger partial charge in [0.1, 0.15) is 5.82 Å². The Kier molecular flexibility index (Phi) is 5.97. The molecule has 0 saturated heterocycles. The van der Waals surface area contributed by atoms with Crippen molar-refractivity contribution in [2.24, 2.45) is 0 Å². The summed E-state index contributed by atoms with van der Waals surface area (Å²) in [7, 11) is -3.46. The molecule has 2 rings (SSSR count). The number of carbonyl (C=O) groups is 1. The van der Waals surface area contributed by atoms with E-state index in [2.05, 4.69) is 5.32 Å². The number of benzene rings is 2. The highest BCUT2D eigenvalue weighted by atomic mass is 32.2. The maximum atomic E-state index is 13.2. The van der Waals surface area contributed by atoms with Crippen LogP contribution in [-0.4, -0.2) is 14.3 Å². The lowest BCUT2D eigenvalue weighted by molar-refractivity contribution is -0.125. The average Bonchev–Trinajstić information content (AvgIpc) is 2.59. The quantitative estimate of drug-likeness (QED) is 0.837. The van der Waals surface area contributed by atoms with E-state index in [1.807, 2.05) is 0 Å². The Hall–Kier alpha value is -2.47. The topological polar surface area (TPSA) is 63.2 Å². The first-order valence-corrected chi connectivity index (χ1v) is 9.72. The van der Waals surface area contributed by atoms with Crippen LogP contribution in [0.4, 0.5) is 4.39 Å². The van der Waals surface area contributed by atoms with Gasteiger partial charge in [0.15, 0.2) is 9.84 Å². The van der Waals surface area contributed by atoms with Crippen molar-refractivity contribution in [2.45, 2.75) is 37.6 Å². The summed E-state index contributed by atoms with van der Waals surface area (Å²) in [6.45, 7) is 5.36. The Morgan fingerprint density at radius 3 is 2.38 bits per heavy atom. The fourth-order valence-corrected chi connectivity index (χ4v) is 3.53. The second-order valence-electron chi connectivity index (χ2n) is 6.48. The number of carbonyl (C=O) groups excluding carboxylic acids is 1. The summed E-state index contributed by atoms with van der Waals surface area (Å²) in [6.07, 6.45) is 1.47. The lowest BCUT2D eigenvalue weighted by Crippen LogP contribution is -2.39. The highest BCUT2D eigenvalue weighted by Crippen LogP contribution is 2.25. The van der Waals surface area contributed by atoms with Crippen molar-refractivity contribution in [1.82, 2.24) is 5.32 Å². The van der Waals surface area contributed by atoms with Gasteiger partial charge >= 0.3 is 0 Å². The van der Waals surface area contributed by atoms with Crippen molar-refractivity contribution in [1.29, 1.82) is 0 Å². The van der Waals surface area contributed by atoms with Crippen LogP contribution in [0, 0.1) is 5.82 Å². The number of hydrogen-bond donors (Lipinski definition) is 1. The van der Waals surface area contributed by atoms with E-state index in [0.29, 0.717) is 11.1 Å². The molecule has 0 aliphatic carbocycles. The van der Waals surface area contributed by atoms with Crippen LogP contribution in [-0.2, 0) is 26.6 Å². The predicted molar refractivity (Wildman–Crippen MR) is 99.7 cm³/mol. The number of allylic oxidation sites excluding steroid dienone is 1. The fourth-order valence-electron chi connectivity index (χ4n) is 2.50.